The zero-order chi connectivity index (χ0) is 11.1. The molecule has 0 spiro atoms. The van der Waals surface area contributed by atoms with Crippen LogP contribution in [0.15, 0.2) is 11.6 Å². The van der Waals surface area contributed by atoms with Gasteiger partial charge in [0.05, 0.1) is 6.61 Å². The lowest BCUT2D eigenvalue weighted by Gasteiger charge is -2.20. The highest BCUT2D eigenvalue weighted by atomic mass is 16.7. The van der Waals surface area contributed by atoms with Gasteiger partial charge in [-0.25, -0.2) is 4.79 Å². The maximum atomic E-state index is 10.8. The summed E-state index contributed by atoms with van der Waals surface area (Å²) in [5, 5.41) is 9.89. The monoisotopic (exact) mass is 214 g/mol. The van der Waals surface area contributed by atoms with Gasteiger partial charge in [-0.3, -0.25) is 0 Å². The van der Waals surface area contributed by atoms with Crippen LogP contribution in [-0.2, 0) is 19.0 Å². The van der Waals surface area contributed by atoms with Gasteiger partial charge in [0, 0.05) is 11.6 Å². The van der Waals surface area contributed by atoms with Crippen molar-refractivity contribution < 1.29 is 24.1 Å². The number of ether oxygens (including phenoxy) is 3. The van der Waals surface area contributed by atoms with Crippen LogP contribution in [0.4, 0.5) is 0 Å². The van der Waals surface area contributed by atoms with Crippen molar-refractivity contribution in [2.24, 2.45) is 0 Å². The predicted molar refractivity (Wildman–Crippen MR) is 50.0 cm³/mol. The second-order valence-electron chi connectivity index (χ2n) is 4.14. The third-order valence-electron chi connectivity index (χ3n) is 2.45. The number of carbonyl (C=O) groups excluding carboxylic acids is 1. The highest BCUT2D eigenvalue weighted by Gasteiger charge is 2.39. The predicted octanol–water partition coefficient (Wildman–Crippen LogP) is -0.0180. The van der Waals surface area contributed by atoms with Gasteiger partial charge in [-0.1, -0.05) is 0 Å². The SMILES string of the molecule is CC1(C)OC[C@H]([C@H](O)C2=CC(=O)OC2)O1. The van der Waals surface area contributed by atoms with E-state index in [1.54, 1.807) is 13.8 Å². The summed E-state index contributed by atoms with van der Waals surface area (Å²) in [5.41, 5.74) is 0.548. The first-order valence-corrected chi connectivity index (χ1v) is 4.85. The minimum Gasteiger partial charge on any atom is -0.458 e. The van der Waals surface area contributed by atoms with Gasteiger partial charge in [-0.05, 0) is 13.8 Å². The number of carbonyl (C=O) groups is 1. The van der Waals surface area contributed by atoms with Crippen LogP contribution in [0, 0.1) is 0 Å². The van der Waals surface area contributed by atoms with Gasteiger partial charge < -0.3 is 19.3 Å². The van der Waals surface area contributed by atoms with E-state index >= 15 is 0 Å². The van der Waals surface area contributed by atoms with Gasteiger partial charge in [0.2, 0.25) is 0 Å². The molecule has 0 radical (unpaired) electrons. The Bertz CT molecular complexity index is 307. The Morgan fingerprint density at radius 3 is 2.80 bits per heavy atom. The van der Waals surface area contributed by atoms with Gasteiger partial charge in [-0.15, -0.1) is 0 Å². The van der Waals surface area contributed by atoms with E-state index < -0.39 is 24.0 Å². The summed E-state index contributed by atoms with van der Waals surface area (Å²) in [6.45, 7) is 4.02. The lowest BCUT2D eigenvalue weighted by molar-refractivity contribution is -0.148. The van der Waals surface area contributed by atoms with Crippen LogP contribution in [0.5, 0.6) is 0 Å². The van der Waals surface area contributed by atoms with Crippen LogP contribution in [0.1, 0.15) is 13.8 Å². The standard InChI is InChI=1S/C10H14O5/c1-10(2)14-5-7(15-10)9(12)6-3-8(11)13-4-6/h3,7,9,12H,4-5H2,1-2H3/t7-,9-/m1/s1. The minimum absolute atomic E-state index is 0.139. The molecule has 2 rings (SSSR count). The Morgan fingerprint density at radius 1 is 1.60 bits per heavy atom. The van der Waals surface area contributed by atoms with Crippen molar-refractivity contribution in [2.45, 2.75) is 31.8 Å². The highest BCUT2D eigenvalue weighted by Crippen LogP contribution is 2.27. The number of cyclic esters (lactones) is 1. The fraction of sp³-hybridized carbons (Fsp3) is 0.700. The number of hydrogen-bond donors (Lipinski definition) is 1. The molecule has 2 atom stereocenters. The zero-order valence-corrected chi connectivity index (χ0v) is 8.73. The number of hydrogen-bond acceptors (Lipinski definition) is 5. The van der Waals surface area contributed by atoms with Crippen molar-refractivity contribution in [1.29, 1.82) is 0 Å². The first-order chi connectivity index (χ1) is 6.98. The van der Waals surface area contributed by atoms with Crippen molar-refractivity contribution >= 4 is 5.97 Å². The summed E-state index contributed by atoms with van der Waals surface area (Å²) in [4.78, 5) is 10.8. The summed E-state index contributed by atoms with van der Waals surface area (Å²) in [6, 6.07) is 0. The number of rotatable bonds is 2. The fourth-order valence-electron chi connectivity index (χ4n) is 1.67. The maximum absolute atomic E-state index is 10.8. The Morgan fingerprint density at radius 2 is 2.33 bits per heavy atom. The normalized spacial score (nSPS) is 31.3. The largest absolute Gasteiger partial charge is 0.458 e. The third-order valence-corrected chi connectivity index (χ3v) is 2.45. The van der Waals surface area contributed by atoms with Gasteiger partial charge in [0.15, 0.2) is 5.79 Å². The molecule has 0 unspecified atom stereocenters. The summed E-state index contributed by atoms with van der Waals surface area (Å²) in [5.74, 6) is -1.09. The zero-order valence-electron chi connectivity index (χ0n) is 8.73. The lowest BCUT2D eigenvalue weighted by atomic mass is 10.1. The molecule has 0 amide bonds. The first kappa shape index (κ1) is 10.6. The van der Waals surface area contributed by atoms with Gasteiger partial charge in [-0.2, -0.15) is 0 Å². The van der Waals surface area contributed by atoms with Gasteiger partial charge in [0.1, 0.15) is 18.8 Å². The molecule has 2 aliphatic rings. The highest BCUT2D eigenvalue weighted by molar-refractivity contribution is 5.85. The van der Waals surface area contributed by atoms with Gasteiger partial charge >= 0.3 is 5.97 Å². The molecule has 5 heteroatoms. The van der Waals surface area contributed by atoms with Crippen LogP contribution in [0.25, 0.3) is 0 Å². The van der Waals surface area contributed by atoms with E-state index in [2.05, 4.69) is 0 Å². The third kappa shape index (κ3) is 2.19. The molecule has 2 aliphatic heterocycles. The molecule has 1 saturated heterocycles. The van der Waals surface area contributed by atoms with Crippen LogP contribution < -0.4 is 0 Å². The molecule has 0 aromatic carbocycles. The topological polar surface area (TPSA) is 65.0 Å². The van der Waals surface area contributed by atoms with E-state index in [0.717, 1.165) is 0 Å². The molecule has 0 aromatic heterocycles. The Labute approximate surface area is 87.6 Å². The lowest BCUT2D eigenvalue weighted by Crippen LogP contribution is -2.32. The summed E-state index contributed by atoms with van der Waals surface area (Å²) in [7, 11) is 0. The van der Waals surface area contributed by atoms with E-state index in [9.17, 15) is 9.90 Å². The molecule has 1 N–H and O–H groups in total. The van der Waals surface area contributed by atoms with E-state index in [4.69, 9.17) is 14.2 Å². The average molecular weight is 214 g/mol. The van der Waals surface area contributed by atoms with Crippen LogP contribution in [0.3, 0.4) is 0 Å². The molecule has 84 valence electrons. The van der Waals surface area contributed by atoms with Crippen molar-refractivity contribution in [3.8, 4) is 0 Å². The Hall–Kier alpha value is -0.910. The molecular formula is C10H14O5. The Balaban J connectivity index is 2.00. The molecule has 5 nitrogen and oxygen atoms in total. The maximum Gasteiger partial charge on any atom is 0.331 e. The molecule has 2 heterocycles. The summed E-state index contributed by atoms with van der Waals surface area (Å²) < 4.78 is 15.5. The van der Waals surface area contributed by atoms with E-state index in [1.165, 1.54) is 6.08 Å². The van der Waals surface area contributed by atoms with E-state index in [1.807, 2.05) is 0 Å². The molecular weight excluding hydrogens is 200 g/mol. The van der Waals surface area contributed by atoms with E-state index in [-0.39, 0.29) is 6.61 Å². The van der Waals surface area contributed by atoms with Crippen molar-refractivity contribution in [3.05, 3.63) is 11.6 Å². The average Bonchev–Trinajstić information content (AvgIpc) is 2.71. The quantitative estimate of drug-likeness (QED) is 0.654. The van der Waals surface area contributed by atoms with Crippen LogP contribution >= 0.6 is 0 Å². The van der Waals surface area contributed by atoms with Crippen molar-refractivity contribution in [1.82, 2.24) is 0 Å². The smallest absolute Gasteiger partial charge is 0.331 e. The number of aliphatic hydroxyl groups excluding tert-OH is 1. The van der Waals surface area contributed by atoms with E-state index in [0.29, 0.717) is 12.2 Å². The fourth-order valence-corrected chi connectivity index (χ4v) is 1.67. The van der Waals surface area contributed by atoms with Crippen molar-refractivity contribution in [2.75, 3.05) is 13.2 Å². The second-order valence-corrected chi connectivity index (χ2v) is 4.14. The number of aliphatic hydroxyl groups is 1. The molecule has 1 fully saturated rings. The second kappa shape index (κ2) is 3.59. The minimum atomic E-state index is -0.835. The van der Waals surface area contributed by atoms with Crippen LogP contribution in [-0.4, -0.2) is 42.3 Å². The van der Waals surface area contributed by atoms with Crippen LogP contribution in [0.2, 0.25) is 0 Å². The van der Waals surface area contributed by atoms with Gasteiger partial charge in [0.25, 0.3) is 0 Å². The first-order valence-electron chi connectivity index (χ1n) is 4.85. The van der Waals surface area contributed by atoms with Crippen molar-refractivity contribution in [3.63, 3.8) is 0 Å². The summed E-state index contributed by atoms with van der Waals surface area (Å²) in [6.07, 6.45) is 0.0401. The molecule has 15 heavy (non-hydrogen) atoms. The summed E-state index contributed by atoms with van der Waals surface area (Å²) >= 11 is 0. The molecule has 0 aromatic rings. The molecule has 0 aliphatic carbocycles. The Kier molecular flexibility index (Phi) is 2.54. The number of esters is 1. The molecule has 0 saturated carbocycles. The molecule has 0 bridgehead atoms.